The number of methoxy groups -OCH3 is 2. The van der Waals surface area contributed by atoms with Crippen LogP contribution in [0.5, 0.6) is 11.5 Å². The van der Waals surface area contributed by atoms with Gasteiger partial charge in [-0.3, -0.25) is 9.59 Å². The fourth-order valence-corrected chi connectivity index (χ4v) is 4.34. The van der Waals surface area contributed by atoms with Crippen molar-refractivity contribution in [2.75, 3.05) is 19.5 Å². The first-order valence-corrected chi connectivity index (χ1v) is 11.1. The SMILES string of the molecule is COc1ccc(C(=O)N(Cc2cc(NC(C)=O)ccc2Cl)C2CCCCC2N)cc1OC. The molecular formula is C24H30ClN3O4. The summed E-state index contributed by atoms with van der Waals surface area (Å²) in [7, 11) is 3.09. The average Bonchev–Trinajstić information content (AvgIpc) is 2.78. The molecule has 0 spiro atoms. The highest BCUT2D eigenvalue weighted by Crippen LogP contribution is 2.31. The summed E-state index contributed by atoms with van der Waals surface area (Å²) in [5.41, 5.74) is 8.31. The minimum absolute atomic E-state index is 0.120. The number of nitrogens with one attached hydrogen (secondary N) is 1. The molecule has 1 aliphatic carbocycles. The van der Waals surface area contributed by atoms with Crippen LogP contribution in [-0.4, -0.2) is 43.0 Å². The van der Waals surface area contributed by atoms with Crippen molar-refractivity contribution in [2.45, 2.75) is 51.2 Å². The lowest BCUT2D eigenvalue weighted by atomic mass is 9.89. The Morgan fingerprint density at radius 1 is 1.09 bits per heavy atom. The number of carbonyl (C=O) groups excluding carboxylic acids is 2. The van der Waals surface area contributed by atoms with Crippen LogP contribution < -0.4 is 20.5 Å². The molecule has 0 aliphatic heterocycles. The zero-order chi connectivity index (χ0) is 23.3. The summed E-state index contributed by atoms with van der Waals surface area (Å²) in [4.78, 5) is 27.0. The van der Waals surface area contributed by atoms with Crippen LogP contribution >= 0.6 is 11.6 Å². The van der Waals surface area contributed by atoms with Crippen LogP contribution in [0, 0.1) is 0 Å². The predicted molar refractivity (Wildman–Crippen MR) is 125 cm³/mol. The molecule has 2 atom stereocenters. The number of hydrogen-bond acceptors (Lipinski definition) is 5. The van der Waals surface area contributed by atoms with Crippen molar-refractivity contribution in [3.8, 4) is 11.5 Å². The summed E-state index contributed by atoms with van der Waals surface area (Å²) >= 11 is 6.47. The molecule has 1 fully saturated rings. The van der Waals surface area contributed by atoms with Gasteiger partial charge in [-0.1, -0.05) is 24.4 Å². The van der Waals surface area contributed by atoms with Crippen LogP contribution in [0.15, 0.2) is 36.4 Å². The van der Waals surface area contributed by atoms with Crippen LogP contribution in [0.2, 0.25) is 5.02 Å². The van der Waals surface area contributed by atoms with E-state index in [1.165, 1.54) is 14.0 Å². The number of amides is 2. The highest BCUT2D eigenvalue weighted by molar-refractivity contribution is 6.31. The van der Waals surface area contributed by atoms with Crippen molar-refractivity contribution in [3.05, 3.63) is 52.5 Å². The first kappa shape index (κ1) is 23.9. The number of benzene rings is 2. The average molecular weight is 460 g/mol. The quantitative estimate of drug-likeness (QED) is 0.646. The van der Waals surface area contributed by atoms with E-state index in [0.29, 0.717) is 27.8 Å². The lowest BCUT2D eigenvalue weighted by molar-refractivity contribution is -0.114. The summed E-state index contributed by atoms with van der Waals surface area (Å²) in [6.45, 7) is 1.72. The molecule has 3 N–H and O–H groups in total. The molecule has 0 radical (unpaired) electrons. The third-order valence-electron chi connectivity index (χ3n) is 5.78. The molecule has 2 unspecified atom stereocenters. The van der Waals surface area contributed by atoms with Gasteiger partial charge in [0, 0.05) is 41.8 Å². The Labute approximate surface area is 193 Å². The van der Waals surface area contributed by atoms with Crippen molar-refractivity contribution in [1.29, 1.82) is 0 Å². The maximum Gasteiger partial charge on any atom is 0.254 e. The Morgan fingerprint density at radius 2 is 1.81 bits per heavy atom. The highest BCUT2D eigenvalue weighted by atomic mass is 35.5. The Hall–Kier alpha value is -2.77. The van der Waals surface area contributed by atoms with Crippen molar-refractivity contribution < 1.29 is 19.1 Å². The maximum absolute atomic E-state index is 13.7. The number of rotatable bonds is 7. The van der Waals surface area contributed by atoms with Gasteiger partial charge in [0.25, 0.3) is 5.91 Å². The van der Waals surface area contributed by atoms with Crippen LogP contribution in [-0.2, 0) is 11.3 Å². The molecule has 0 saturated heterocycles. The summed E-state index contributed by atoms with van der Waals surface area (Å²) < 4.78 is 10.7. The van der Waals surface area contributed by atoms with E-state index in [2.05, 4.69) is 5.32 Å². The van der Waals surface area contributed by atoms with Gasteiger partial charge >= 0.3 is 0 Å². The number of nitrogens with zero attached hydrogens (tertiary/aromatic N) is 1. The molecule has 2 aromatic rings. The van der Waals surface area contributed by atoms with E-state index < -0.39 is 0 Å². The Bertz CT molecular complexity index is 982. The summed E-state index contributed by atoms with van der Waals surface area (Å²) in [6, 6.07) is 10.1. The van der Waals surface area contributed by atoms with Gasteiger partial charge in [-0.25, -0.2) is 0 Å². The minimum Gasteiger partial charge on any atom is -0.493 e. The lowest BCUT2D eigenvalue weighted by Crippen LogP contribution is -2.51. The molecule has 172 valence electrons. The van der Waals surface area contributed by atoms with Gasteiger partial charge in [-0.15, -0.1) is 0 Å². The van der Waals surface area contributed by atoms with E-state index in [1.54, 1.807) is 48.4 Å². The van der Waals surface area contributed by atoms with Gasteiger partial charge in [-0.2, -0.15) is 0 Å². The molecule has 1 saturated carbocycles. The molecule has 2 amide bonds. The fraction of sp³-hybridized carbons (Fsp3) is 0.417. The van der Waals surface area contributed by atoms with E-state index in [0.717, 1.165) is 31.2 Å². The number of hydrogen-bond donors (Lipinski definition) is 2. The molecule has 7 nitrogen and oxygen atoms in total. The van der Waals surface area contributed by atoms with Gasteiger partial charge < -0.3 is 25.4 Å². The number of ether oxygens (including phenoxy) is 2. The molecule has 3 rings (SSSR count). The molecule has 0 heterocycles. The highest BCUT2D eigenvalue weighted by Gasteiger charge is 2.32. The first-order chi connectivity index (χ1) is 15.3. The second-order valence-corrected chi connectivity index (χ2v) is 8.41. The molecule has 8 heteroatoms. The standard InChI is InChI=1S/C24H30ClN3O4/c1-15(29)27-18-9-10-19(25)17(12-18)14-28(21-7-5-4-6-20(21)26)24(30)16-8-11-22(31-2)23(13-16)32-3/h8-13,20-21H,4-7,14,26H2,1-3H3,(H,27,29). The van der Waals surface area contributed by atoms with E-state index in [4.69, 9.17) is 26.8 Å². The monoisotopic (exact) mass is 459 g/mol. The topological polar surface area (TPSA) is 93.9 Å². The number of anilines is 1. The molecule has 0 bridgehead atoms. The lowest BCUT2D eigenvalue weighted by Gasteiger charge is -2.39. The summed E-state index contributed by atoms with van der Waals surface area (Å²) in [5.74, 6) is 0.702. The van der Waals surface area contributed by atoms with Gasteiger partial charge in [-0.05, 0) is 54.8 Å². The zero-order valence-corrected chi connectivity index (χ0v) is 19.4. The van der Waals surface area contributed by atoms with E-state index in [9.17, 15) is 9.59 Å². The summed E-state index contributed by atoms with van der Waals surface area (Å²) in [6.07, 6.45) is 3.74. The minimum atomic E-state index is -0.175. The van der Waals surface area contributed by atoms with Crippen molar-refractivity contribution in [1.82, 2.24) is 4.90 Å². The fourth-order valence-electron chi connectivity index (χ4n) is 4.16. The van der Waals surface area contributed by atoms with Gasteiger partial charge in [0.15, 0.2) is 11.5 Å². The molecule has 0 aromatic heterocycles. The van der Waals surface area contributed by atoms with Crippen LogP contribution in [0.25, 0.3) is 0 Å². The molecule has 2 aromatic carbocycles. The summed E-state index contributed by atoms with van der Waals surface area (Å²) in [5, 5.41) is 3.29. The number of carbonyl (C=O) groups is 2. The largest absolute Gasteiger partial charge is 0.493 e. The molecule has 1 aliphatic rings. The van der Waals surface area contributed by atoms with E-state index in [-0.39, 0.29) is 30.4 Å². The van der Waals surface area contributed by atoms with E-state index in [1.807, 2.05) is 0 Å². The normalized spacial score (nSPS) is 18.0. The van der Waals surface area contributed by atoms with Crippen molar-refractivity contribution >= 4 is 29.1 Å². The van der Waals surface area contributed by atoms with Crippen LogP contribution in [0.3, 0.4) is 0 Å². The second-order valence-electron chi connectivity index (χ2n) is 8.01. The van der Waals surface area contributed by atoms with E-state index >= 15 is 0 Å². The van der Waals surface area contributed by atoms with Crippen molar-refractivity contribution in [2.24, 2.45) is 5.73 Å². The third kappa shape index (κ3) is 5.53. The first-order valence-electron chi connectivity index (χ1n) is 10.7. The Kier molecular flexibility index (Phi) is 7.99. The van der Waals surface area contributed by atoms with Gasteiger partial charge in [0.1, 0.15) is 0 Å². The van der Waals surface area contributed by atoms with Crippen LogP contribution in [0.1, 0.15) is 48.5 Å². The Morgan fingerprint density at radius 3 is 2.47 bits per heavy atom. The predicted octanol–water partition coefficient (Wildman–Crippen LogP) is 4.23. The molecule has 32 heavy (non-hydrogen) atoms. The number of nitrogens with two attached hydrogens (primary N) is 1. The number of halogens is 1. The van der Waals surface area contributed by atoms with Crippen LogP contribution in [0.4, 0.5) is 5.69 Å². The zero-order valence-electron chi connectivity index (χ0n) is 18.7. The molecular weight excluding hydrogens is 430 g/mol. The Balaban J connectivity index is 1.98. The second kappa shape index (κ2) is 10.7. The third-order valence-corrected chi connectivity index (χ3v) is 6.15. The van der Waals surface area contributed by atoms with Gasteiger partial charge in [0.2, 0.25) is 5.91 Å². The smallest absolute Gasteiger partial charge is 0.254 e. The maximum atomic E-state index is 13.7. The van der Waals surface area contributed by atoms with Gasteiger partial charge in [0.05, 0.1) is 14.2 Å². The van der Waals surface area contributed by atoms with Crippen molar-refractivity contribution in [3.63, 3.8) is 0 Å².